The molecular weight excluding hydrogens is 266 g/mol. The minimum atomic E-state index is -0.456. The zero-order chi connectivity index (χ0) is 13.8. The molecule has 1 aliphatic heterocycles. The van der Waals surface area contributed by atoms with Crippen molar-refractivity contribution >= 4 is 22.2 Å². The van der Waals surface area contributed by atoms with E-state index in [1.807, 2.05) is 11.8 Å². The molecule has 0 saturated carbocycles. The van der Waals surface area contributed by atoms with Crippen LogP contribution < -0.4 is 5.32 Å². The van der Waals surface area contributed by atoms with Crippen LogP contribution in [0, 0.1) is 10.1 Å². The average molecular weight is 283 g/mol. The summed E-state index contributed by atoms with van der Waals surface area (Å²) in [4.78, 5) is 25.0. The van der Waals surface area contributed by atoms with Crippen molar-refractivity contribution in [1.29, 1.82) is 0 Å². The van der Waals surface area contributed by atoms with E-state index in [2.05, 4.69) is 5.32 Å². The van der Waals surface area contributed by atoms with Crippen LogP contribution in [-0.2, 0) is 0 Å². The van der Waals surface area contributed by atoms with Gasteiger partial charge in [0.1, 0.15) is 0 Å². The van der Waals surface area contributed by atoms with E-state index >= 15 is 0 Å². The number of carbonyl (C=O) groups excluding carboxylic acids is 1. The summed E-state index contributed by atoms with van der Waals surface area (Å²) < 4.78 is 0. The lowest BCUT2D eigenvalue weighted by molar-refractivity contribution is -0.380. The summed E-state index contributed by atoms with van der Waals surface area (Å²) in [5.41, 5.74) is 0. The van der Waals surface area contributed by atoms with Crippen molar-refractivity contribution in [2.24, 2.45) is 0 Å². The predicted molar refractivity (Wildman–Crippen MR) is 73.6 cm³/mol. The standard InChI is InChI=1S/C12H17N3O3S/c1-2-7-14(9-5-6-13-8-9)12(16)10-3-4-11(19-10)15(17)18/h3-4,9,13H,2,5-8H2,1H3. The number of nitrogens with one attached hydrogen (secondary N) is 1. The number of thiophene rings is 1. The summed E-state index contributed by atoms with van der Waals surface area (Å²) in [5, 5.41) is 13.9. The van der Waals surface area contributed by atoms with Gasteiger partial charge in [-0.15, -0.1) is 0 Å². The van der Waals surface area contributed by atoms with Gasteiger partial charge >= 0.3 is 5.00 Å². The number of amides is 1. The van der Waals surface area contributed by atoms with Gasteiger partial charge in [0, 0.05) is 25.2 Å². The van der Waals surface area contributed by atoms with Gasteiger partial charge in [0.2, 0.25) is 0 Å². The maximum absolute atomic E-state index is 12.4. The van der Waals surface area contributed by atoms with Gasteiger partial charge in [-0.2, -0.15) is 0 Å². The van der Waals surface area contributed by atoms with Gasteiger partial charge in [0.05, 0.1) is 9.80 Å². The van der Waals surface area contributed by atoms with E-state index in [9.17, 15) is 14.9 Å². The summed E-state index contributed by atoms with van der Waals surface area (Å²) in [6.45, 7) is 4.44. The smallest absolute Gasteiger partial charge is 0.324 e. The molecule has 1 fully saturated rings. The van der Waals surface area contributed by atoms with E-state index in [4.69, 9.17) is 0 Å². The Hall–Kier alpha value is -1.47. The van der Waals surface area contributed by atoms with Crippen LogP contribution in [0.4, 0.5) is 5.00 Å². The van der Waals surface area contributed by atoms with Crippen LogP contribution in [0.25, 0.3) is 0 Å². The highest BCUT2D eigenvalue weighted by atomic mass is 32.1. The first-order valence-corrected chi connectivity index (χ1v) is 7.21. The number of carbonyl (C=O) groups is 1. The fraction of sp³-hybridized carbons (Fsp3) is 0.583. The number of hydrogen-bond donors (Lipinski definition) is 1. The zero-order valence-corrected chi connectivity index (χ0v) is 11.6. The largest absolute Gasteiger partial charge is 0.334 e. The molecule has 0 radical (unpaired) electrons. The first-order chi connectivity index (χ1) is 9.13. The number of rotatable bonds is 5. The molecular formula is C12H17N3O3S. The third-order valence-electron chi connectivity index (χ3n) is 3.18. The fourth-order valence-corrected chi connectivity index (χ4v) is 3.06. The molecule has 6 nitrogen and oxygen atoms in total. The van der Waals surface area contributed by atoms with E-state index in [1.54, 1.807) is 6.07 Å². The van der Waals surface area contributed by atoms with Crippen molar-refractivity contribution in [2.45, 2.75) is 25.8 Å². The molecule has 0 aromatic carbocycles. The molecule has 2 rings (SSSR count). The van der Waals surface area contributed by atoms with E-state index in [0.29, 0.717) is 11.4 Å². The van der Waals surface area contributed by atoms with Crippen molar-refractivity contribution < 1.29 is 9.72 Å². The summed E-state index contributed by atoms with van der Waals surface area (Å²) in [6, 6.07) is 3.15. The molecule has 0 bridgehead atoms. The Morgan fingerprint density at radius 2 is 2.42 bits per heavy atom. The molecule has 7 heteroatoms. The topological polar surface area (TPSA) is 75.5 Å². The SMILES string of the molecule is CCCN(C(=O)c1ccc([N+](=O)[O-])s1)C1CCNC1. The number of nitro groups is 1. The fourth-order valence-electron chi connectivity index (χ4n) is 2.28. The third-order valence-corrected chi connectivity index (χ3v) is 4.21. The van der Waals surface area contributed by atoms with Gasteiger partial charge in [-0.05, 0) is 25.5 Å². The maximum atomic E-state index is 12.4. The van der Waals surface area contributed by atoms with Crippen LogP contribution in [-0.4, -0.2) is 41.4 Å². The molecule has 1 saturated heterocycles. The number of nitrogens with zero attached hydrogens (tertiary/aromatic N) is 2. The van der Waals surface area contributed by atoms with Crippen LogP contribution >= 0.6 is 11.3 Å². The normalized spacial score (nSPS) is 18.5. The van der Waals surface area contributed by atoms with E-state index in [0.717, 1.165) is 37.3 Å². The van der Waals surface area contributed by atoms with Crippen LogP contribution in [0.1, 0.15) is 29.4 Å². The van der Waals surface area contributed by atoms with Crippen molar-refractivity contribution in [3.8, 4) is 0 Å². The summed E-state index contributed by atoms with van der Waals surface area (Å²) >= 11 is 0.951. The molecule has 1 aromatic rings. The Morgan fingerprint density at radius 3 is 2.95 bits per heavy atom. The van der Waals surface area contributed by atoms with Crippen LogP contribution in [0.2, 0.25) is 0 Å². The lowest BCUT2D eigenvalue weighted by Crippen LogP contribution is -2.41. The quantitative estimate of drug-likeness (QED) is 0.661. The van der Waals surface area contributed by atoms with Gasteiger partial charge in [-0.25, -0.2) is 0 Å². The van der Waals surface area contributed by atoms with E-state index in [1.165, 1.54) is 6.07 Å². The summed E-state index contributed by atoms with van der Waals surface area (Å²) in [6.07, 6.45) is 1.83. The molecule has 0 aliphatic carbocycles. The molecule has 1 amide bonds. The highest BCUT2D eigenvalue weighted by Crippen LogP contribution is 2.26. The van der Waals surface area contributed by atoms with Crippen molar-refractivity contribution in [1.82, 2.24) is 10.2 Å². The Kier molecular flexibility index (Phi) is 4.49. The Bertz CT molecular complexity index is 469. The maximum Gasteiger partial charge on any atom is 0.324 e. The molecule has 1 aliphatic rings. The monoisotopic (exact) mass is 283 g/mol. The first kappa shape index (κ1) is 14.0. The second-order valence-corrected chi connectivity index (χ2v) is 5.60. The molecule has 2 heterocycles. The van der Waals surface area contributed by atoms with Gasteiger partial charge in [0.25, 0.3) is 5.91 Å². The summed E-state index contributed by atoms with van der Waals surface area (Å²) in [5.74, 6) is -0.0892. The third kappa shape index (κ3) is 3.10. The van der Waals surface area contributed by atoms with Crippen molar-refractivity contribution in [3.63, 3.8) is 0 Å². The lowest BCUT2D eigenvalue weighted by Gasteiger charge is -2.27. The van der Waals surface area contributed by atoms with Crippen molar-refractivity contribution in [3.05, 3.63) is 27.1 Å². The minimum Gasteiger partial charge on any atom is -0.334 e. The van der Waals surface area contributed by atoms with Gasteiger partial charge < -0.3 is 10.2 Å². The molecule has 0 spiro atoms. The average Bonchev–Trinajstić information content (AvgIpc) is 3.05. The molecule has 1 N–H and O–H groups in total. The highest BCUT2D eigenvalue weighted by Gasteiger charge is 2.28. The first-order valence-electron chi connectivity index (χ1n) is 6.39. The van der Waals surface area contributed by atoms with Gasteiger partial charge in [-0.3, -0.25) is 14.9 Å². The highest BCUT2D eigenvalue weighted by molar-refractivity contribution is 7.17. The molecule has 1 unspecified atom stereocenters. The molecule has 1 atom stereocenters. The predicted octanol–water partition coefficient (Wildman–Crippen LogP) is 1.87. The number of hydrogen-bond acceptors (Lipinski definition) is 5. The van der Waals surface area contributed by atoms with E-state index in [-0.39, 0.29) is 17.0 Å². The Balaban J connectivity index is 2.15. The van der Waals surface area contributed by atoms with E-state index < -0.39 is 4.92 Å². The summed E-state index contributed by atoms with van der Waals surface area (Å²) in [7, 11) is 0. The van der Waals surface area contributed by atoms with Gasteiger partial charge in [-0.1, -0.05) is 18.3 Å². The van der Waals surface area contributed by atoms with Crippen LogP contribution in [0.3, 0.4) is 0 Å². The molecule has 19 heavy (non-hydrogen) atoms. The second kappa shape index (κ2) is 6.12. The van der Waals surface area contributed by atoms with Crippen molar-refractivity contribution in [2.75, 3.05) is 19.6 Å². The zero-order valence-electron chi connectivity index (χ0n) is 10.8. The Labute approximate surface area is 115 Å². The molecule has 1 aromatic heterocycles. The van der Waals surface area contributed by atoms with Gasteiger partial charge in [0.15, 0.2) is 0 Å². The minimum absolute atomic E-state index is 0.0179. The van der Waals surface area contributed by atoms with Crippen LogP contribution in [0.5, 0.6) is 0 Å². The Morgan fingerprint density at radius 1 is 1.63 bits per heavy atom. The second-order valence-electron chi connectivity index (χ2n) is 4.54. The molecule has 104 valence electrons. The van der Waals surface area contributed by atoms with Crippen LogP contribution in [0.15, 0.2) is 12.1 Å². The lowest BCUT2D eigenvalue weighted by atomic mass is 10.2.